The molecule has 96 valence electrons. The number of hydrogen-bond acceptors (Lipinski definition) is 2. The van der Waals surface area contributed by atoms with Crippen LogP contribution in [-0.2, 0) is 0 Å². The van der Waals surface area contributed by atoms with E-state index in [0.717, 1.165) is 12.1 Å². The molecule has 17 heavy (non-hydrogen) atoms. The Kier molecular flexibility index (Phi) is 6.93. The van der Waals surface area contributed by atoms with Crippen LogP contribution in [0.2, 0.25) is 0 Å². The lowest BCUT2D eigenvalue weighted by Crippen LogP contribution is -2.20. The number of phenolic OH excluding ortho intramolecular Hbond substituents is 1. The first-order valence-corrected chi connectivity index (χ1v) is 5.65. The first-order valence-electron chi connectivity index (χ1n) is 5.65. The Morgan fingerprint density at radius 1 is 1.35 bits per heavy atom. The molecule has 0 aliphatic heterocycles. The number of nitrogens with zero attached hydrogens (tertiary/aromatic N) is 1. The van der Waals surface area contributed by atoms with Gasteiger partial charge in [-0.2, -0.15) is 0 Å². The highest BCUT2D eigenvalue weighted by molar-refractivity contribution is 5.85. The number of para-hydroxylation sites is 1. The molecule has 1 N–H and O–H groups in total. The molecule has 2 nitrogen and oxygen atoms in total. The van der Waals surface area contributed by atoms with E-state index in [0.29, 0.717) is 11.7 Å². The molecule has 0 fully saturated rings. The second kappa shape index (κ2) is 7.36. The predicted octanol–water partition coefficient (Wildman–Crippen LogP) is 3.42. The van der Waals surface area contributed by atoms with Gasteiger partial charge in [0.2, 0.25) is 0 Å². The number of halogens is 1. The van der Waals surface area contributed by atoms with Gasteiger partial charge < -0.3 is 10.0 Å². The number of benzene rings is 1. The Balaban J connectivity index is 0.00000256. The molecule has 1 aromatic carbocycles. The Hall–Kier alpha value is -0.990. The Labute approximate surface area is 110 Å². The summed E-state index contributed by atoms with van der Waals surface area (Å²) >= 11 is 0. The van der Waals surface area contributed by atoms with E-state index in [1.54, 1.807) is 6.07 Å². The van der Waals surface area contributed by atoms with Gasteiger partial charge in [-0.25, -0.2) is 0 Å². The van der Waals surface area contributed by atoms with E-state index in [-0.39, 0.29) is 12.4 Å². The lowest BCUT2D eigenvalue weighted by atomic mass is 9.92. The van der Waals surface area contributed by atoms with Crippen LogP contribution in [0, 0.1) is 5.92 Å². The maximum absolute atomic E-state index is 9.84. The summed E-state index contributed by atoms with van der Waals surface area (Å²) in [7, 11) is 4.13. The van der Waals surface area contributed by atoms with Crippen molar-refractivity contribution in [2.45, 2.75) is 13.8 Å². The third kappa shape index (κ3) is 4.41. The van der Waals surface area contributed by atoms with E-state index in [4.69, 9.17) is 0 Å². The number of hydrogen-bond donors (Lipinski definition) is 1. The van der Waals surface area contributed by atoms with Crippen molar-refractivity contribution in [1.29, 1.82) is 0 Å². The van der Waals surface area contributed by atoms with E-state index < -0.39 is 0 Å². The summed E-state index contributed by atoms with van der Waals surface area (Å²) in [6, 6.07) is 7.52. The van der Waals surface area contributed by atoms with E-state index in [1.807, 2.05) is 25.1 Å². The Morgan fingerprint density at radius 3 is 2.41 bits per heavy atom. The van der Waals surface area contributed by atoms with Gasteiger partial charge >= 0.3 is 0 Å². The van der Waals surface area contributed by atoms with Gasteiger partial charge in [-0.15, -0.1) is 12.4 Å². The average Bonchev–Trinajstić information content (AvgIpc) is 2.20. The number of allylic oxidation sites excluding steroid dienone is 1. The highest BCUT2D eigenvalue weighted by Crippen LogP contribution is 2.30. The standard InChI is InChI=1S/C14H21NO.ClH/c1-5-12(11(2)10-15(3)4)13-8-6-7-9-14(13)16;/h5-9,11,16H,10H2,1-4H3;1H/b12-5-;. The molecule has 0 aromatic heterocycles. The summed E-state index contributed by atoms with van der Waals surface area (Å²) in [5, 5.41) is 9.84. The summed E-state index contributed by atoms with van der Waals surface area (Å²) in [5.74, 6) is 0.773. The summed E-state index contributed by atoms with van der Waals surface area (Å²) in [6.45, 7) is 5.18. The first-order chi connectivity index (χ1) is 7.56. The van der Waals surface area contributed by atoms with Gasteiger partial charge in [0, 0.05) is 12.1 Å². The molecule has 1 unspecified atom stereocenters. The summed E-state index contributed by atoms with van der Waals surface area (Å²) < 4.78 is 0. The molecule has 0 aliphatic rings. The molecular weight excluding hydrogens is 234 g/mol. The van der Waals surface area contributed by atoms with Crippen molar-refractivity contribution < 1.29 is 5.11 Å². The van der Waals surface area contributed by atoms with Crippen LogP contribution < -0.4 is 0 Å². The summed E-state index contributed by atoms with van der Waals surface area (Å²) in [5.41, 5.74) is 2.14. The molecule has 0 spiro atoms. The van der Waals surface area contributed by atoms with Crippen LogP contribution in [-0.4, -0.2) is 30.6 Å². The fourth-order valence-corrected chi connectivity index (χ4v) is 2.07. The molecule has 0 aliphatic carbocycles. The van der Waals surface area contributed by atoms with Gasteiger partial charge in [0.25, 0.3) is 0 Å². The first kappa shape index (κ1) is 16.0. The Morgan fingerprint density at radius 2 is 1.94 bits per heavy atom. The van der Waals surface area contributed by atoms with Crippen LogP contribution in [0.25, 0.3) is 5.57 Å². The number of aromatic hydroxyl groups is 1. The van der Waals surface area contributed by atoms with E-state index in [2.05, 4.69) is 32.0 Å². The molecule has 1 atom stereocenters. The highest BCUT2D eigenvalue weighted by atomic mass is 35.5. The lowest BCUT2D eigenvalue weighted by molar-refractivity contribution is 0.375. The fourth-order valence-electron chi connectivity index (χ4n) is 2.07. The summed E-state index contributed by atoms with van der Waals surface area (Å²) in [4.78, 5) is 2.16. The molecule has 0 saturated heterocycles. The minimum atomic E-state index is 0. The van der Waals surface area contributed by atoms with Crippen LogP contribution in [0.4, 0.5) is 0 Å². The van der Waals surface area contributed by atoms with Crippen LogP contribution in [0.3, 0.4) is 0 Å². The van der Waals surface area contributed by atoms with Gasteiger partial charge in [-0.3, -0.25) is 0 Å². The predicted molar refractivity (Wildman–Crippen MR) is 76.7 cm³/mol. The molecular formula is C14H22ClNO. The highest BCUT2D eigenvalue weighted by Gasteiger charge is 2.13. The third-order valence-corrected chi connectivity index (χ3v) is 2.70. The van der Waals surface area contributed by atoms with Crippen LogP contribution in [0.5, 0.6) is 5.75 Å². The van der Waals surface area contributed by atoms with Crippen molar-refractivity contribution in [3.8, 4) is 5.75 Å². The van der Waals surface area contributed by atoms with E-state index in [1.165, 1.54) is 5.57 Å². The molecule has 0 amide bonds. The minimum Gasteiger partial charge on any atom is -0.507 e. The molecule has 1 rings (SSSR count). The van der Waals surface area contributed by atoms with Crippen molar-refractivity contribution in [3.63, 3.8) is 0 Å². The van der Waals surface area contributed by atoms with Crippen molar-refractivity contribution >= 4 is 18.0 Å². The van der Waals surface area contributed by atoms with Gasteiger partial charge in [0.1, 0.15) is 5.75 Å². The molecule has 0 radical (unpaired) electrons. The second-order valence-electron chi connectivity index (χ2n) is 4.42. The van der Waals surface area contributed by atoms with Gasteiger partial charge in [0.15, 0.2) is 0 Å². The van der Waals surface area contributed by atoms with Crippen molar-refractivity contribution in [1.82, 2.24) is 4.90 Å². The van der Waals surface area contributed by atoms with Crippen LogP contribution in [0.15, 0.2) is 30.3 Å². The van der Waals surface area contributed by atoms with Crippen molar-refractivity contribution in [3.05, 3.63) is 35.9 Å². The van der Waals surface area contributed by atoms with Crippen LogP contribution in [0.1, 0.15) is 19.4 Å². The zero-order chi connectivity index (χ0) is 12.1. The topological polar surface area (TPSA) is 23.5 Å². The smallest absolute Gasteiger partial charge is 0.123 e. The lowest BCUT2D eigenvalue weighted by Gasteiger charge is -2.20. The average molecular weight is 256 g/mol. The maximum Gasteiger partial charge on any atom is 0.123 e. The van der Waals surface area contributed by atoms with Crippen molar-refractivity contribution in [2.24, 2.45) is 5.92 Å². The van der Waals surface area contributed by atoms with E-state index in [9.17, 15) is 5.11 Å². The zero-order valence-electron chi connectivity index (χ0n) is 11.0. The molecule has 3 heteroatoms. The van der Waals surface area contributed by atoms with Gasteiger partial charge in [0.05, 0.1) is 0 Å². The summed E-state index contributed by atoms with van der Waals surface area (Å²) in [6.07, 6.45) is 2.09. The number of phenols is 1. The normalized spacial score (nSPS) is 13.4. The minimum absolute atomic E-state index is 0. The molecule has 0 bridgehead atoms. The van der Waals surface area contributed by atoms with Gasteiger partial charge in [-0.05, 0) is 38.6 Å². The molecule has 1 aromatic rings. The Bertz CT molecular complexity index is 374. The second-order valence-corrected chi connectivity index (χ2v) is 4.42. The fraction of sp³-hybridized carbons (Fsp3) is 0.429. The third-order valence-electron chi connectivity index (χ3n) is 2.70. The van der Waals surface area contributed by atoms with Crippen LogP contribution >= 0.6 is 12.4 Å². The quantitative estimate of drug-likeness (QED) is 0.891. The SMILES string of the molecule is C/C=C(\c1ccccc1O)C(C)CN(C)C.Cl. The maximum atomic E-state index is 9.84. The molecule has 0 heterocycles. The van der Waals surface area contributed by atoms with E-state index >= 15 is 0 Å². The number of rotatable bonds is 4. The monoisotopic (exact) mass is 255 g/mol. The van der Waals surface area contributed by atoms with Gasteiger partial charge in [-0.1, -0.05) is 31.2 Å². The molecule has 0 saturated carbocycles. The largest absolute Gasteiger partial charge is 0.507 e. The van der Waals surface area contributed by atoms with Crippen molar-refractivity contribution in [2.75, 3.05) is 20.6 Å². The zero-order valence-corrected chi connectivity index (χ0v) is 11.8.